The van der Waals surface area contributed by atoms with E-state index in [2.05, 4.69) is 15.5 Å². The number of nitrogens with zero attached hydrogens (tertiary/aromatic N) is 3. The van der Waals surface area contributed by atoms with E-state index in [1.807, 2.05) is 36.4 Å². The number of ether oxygens (including phenoxy) is 4. The van der Waals surface area contributed by atoms with Crippen LogP contribution in [0.3, 0.4) is 0 Å². The molecule has 0 bridgehead atoms. The van der Waals surface area contributed by atoms with E-state index in [0.29, 0.717) is 42.5 Å². The summed E-state index contributed by atoms with van der Waals surface area (Å²) >= 11 is 6.03. The first-order valence-electron chi connectivity index (χ1n) is 14.3. The van der Waals surface area contributed by atoms with E-state index in [1.165, 1.54) is 13.2 Å². The highest BCUT2D eigenvalue weighted by Gasteiger charge is 2.43. The van der Waals surface area contributed by atoms with E-state index >= 15 is 4.39 Å². The van der Waals surface area contributed by atoms with Crippen molar-refractivity contribution >= 4 is 28.6 Å². The monoisotopic (exact) mass is 603 g/mol. The van der Waals surface area contributed by atoms with Crippen molar-refractivity contribution in [2.75, 3.05) is 26.8 Å². The molecule has 3 aromatic carbocycles. The first-order chi connectivity index (χ1) is 20.8. The molecule has 0 aliphatic carbocycles. The van der Waals surface area contributed by atoms with Gasteiger partial charge in [-0.3, -0.25) is 4.90 Å². The molecule has 0 amide bonds. The molecule has 43 heavy (non-hydrogen) atoms. The predicted molar refractivity (Wildman–Crippen MR) is 158 cm³/mol. The van der Waals surface area contributed by atoms with Crippen LogP contribution in [0.25, 0.3) is 11.0 Å². The van der Waals surface area contributed by atoms with E-state index in [9.17, 15) is 4.79 Å². The van der Waals surface area contributed by atoms with Crippen LogP contribution in [0.4, 0.5) is 4.39 Å². The minimum absolute atomic E-state index is 0.114. The van der Waals surface area contributed by atoms with Crippen molar-refractivity contribution in [1.29, 1.82) is 0 Å². The summed E-state index contributed by atoms with van der Waals surface area (Å²) in [6.45, 7) is 5.07. The Bertz CT molecular complexity index is 1750. The molecule has 3 atom stereocenters. The summed E-state index contributed by atoms with van der Waals surface area (Å²) in [5, 5.41) is 0.308. The van der Waals surface area contributed by atoms with E-state index in [-0.39, 0.29) is 17.6 Å². The lowest BCUT2D eigenvalue weighted by Gasteiger charge is -2.41. The highest BCUT2D eigenvalue weighted by atomic mass is 35.5. The summed E-state index contributed by atoms with van der Waals surface area (Å²) in [5.41, 5.74) is 4.42. The number of halogens is 2. The Morgan fingerprint density at radius 1 is 1.19 bits per heavy atom. The Morgan fingerprint density at radius 2 is 2.02 bits per heavy atom. The Kier molecular flexibility index (Phi) is 7.21. The largest absolute Gasteiger partial charge is 0.465 e. The molecule has 1 fully saturated rings. The number of esters is 1. The van der Waals surface area contributed by atoms with Gasteiger partial charge in [-0.05, 0) is 54.5 Å². The number of para-hydroxylation sites is 1. The third-order valence-corrected chi connectivity index (χ3v) is 8.65. The number of benzene rings is 3. The smallest absolute Gasteiger partial charge is 0.337 e. The summed E-state index contributed by atoms with van der Waals surface area (Å²) in [6.07, 6.45) is 2.84. The second-order valence-corrected chi connectivity index (χ2v) is 11.7. The molecule has 0 N–H and O–H groups in total. The molecule has 0 radical (unpaired) electrons. The first kappa shape index (κ1) is 28.0. The average molecular weight is 604 g/mol. The maximum Gasteiger partial charge on any atom is 0.337 e. The number of imidazole rings is 1. The number of hydrogen-bond donors (Lipinski definition) is 0. The lowest BCUT2D eigenvalue weighted by Crippen LogP contribution is -2.40. The predicted octanol–water partition coefficient (Wildman–Crippen LogP) is 6.17. The van der Waals surface area contributed by atoms with Gasteiger partial charge in [0, 0.05) is 37.2 Å². The van der Waals surface area contributed by atoms with Crippen molar-refractivity contribution in [3.05, 3.63) is 106 Å². The molecular formula is C33H31ClFN3O5. The minimum Gasteiger partial charge on any atom is -0.465 e. The zero-order chi connectivity index (χ0) is 29.7. The van der Waals surface area contributed by atoms with Crippen molar-refractivity contribution in [2.24, 2.45) is 0 Å². The number of carbonyl (C=O) groups excluding carboxylic acids is 1. The Hall–Kier alpha value is -3.76. The average Bonchev–Trinajstić information content (AvgIpc) is 3.57. The van der Waals surface area contributed by atoms with Crippen molar-refractivity contribution in [2.45, 2.75) is 44.4 Å². The number of aromatic nitrogens is 2. The highest BCUT2D eigenvalue weighted by molar-refractivity contribution is 6.30. The lowest BCUT2D eigenvalue weighted by molar-refractivity contribution is -0.220. The third kappa shape index (κ3) is 5.20. The molecule has 8 nitrogen and oxygen atoms in total. The summed E-state index contributed by atoms with van der Waals surface area (Å²) in [5.74, 6) is -0.676. The Labute approximate surface area is 253 Å². The van der Waals surface area contributed by atoms with Crippen molar-refractivity contribution in [1.82, 2.24) is 14.5 Å². The molecule has 0 saturated carbocycles. The summed E-state index contributed by atoms with van der Waals surface area (Å²) in [7, 11) is 1.38. The van der Waals surface area contributed by atoms with E-state index in [1.54, 1.807) is 25.1 Å². The molecule has 1 saturated heterocycles. The number of fused-ring (bicyclic) bond motifs is 2. The van der Waals surface area contributed by atoms with E-state index in [0.717, 1.165) is 41.0 Å². The second kappa shape index (κ2) is 11.1. The quantitative estimate of drug-likeness (QED) is 0.185. The summed E-state index contributed by atoms with van der Waals surface area (Å²) < 4.78 is 40.8. The normalized spacial score (nSPS) is 23.4. The van der Waals surface area contributed by atoms with Crippen LogP contribution < -0.4 is 4.74 Å². The number of methoxy groups -OCH3 is 1. The zero-order valence-corrected chi connectivity index (χ0v) is 24.6. The molecule has 0 spiro atoms. The molecule has 4 heterocycles. The van der Waals surface area contributed by atoms with Crippen LogP contribution in [0.15, 0.2) is 72.3 Å². The molecule has 10 heteroatoms. The van der Waals surface area contributed by atoms with Crippen LogP contribution >= 0.6 is 11.6 Å². The number of hydrogen-bond acceptors (Lipinski definition) is 7. The van der Waals surface area contributed by atoms with Gasteiger partial charge in [0.1, 0.15) is 23.5 Å². The molecule has 3 aliphatic heterocycles. The van der Waals surface area contributed by atoms with Crippen LogP contribution in [-0.4, -0.2) is 53.3 Å². The van der Waals surface area contributed by atoms with Crippen molar-refractivity contribution < 1.29 is 28.1 Å². The van der Waals surface area contributed by atoms with Gasteiger partial charge in [-0.25, -0.2) is 14.2 Å². The zero-order valence-electron chi connectivity index (χ0n) is 23.9. The van der Waals surface area contributed by atoms with Gasteiger partial charge in [-0.1, -0.05) is 35.9 Å². The molecule has 4 aromatic rings. The highest BCUT2D eigenvalue weighted by Crippen LogP contribution is 2.47. The molecule has 3 aliphatic rings. The second-order valence-electron chi connectivity index (χ2n) is 11.3. The Balaban J connectivity index is 1.16. The van der Waals surface area contributed by atoms with Crippen molar-refractivity contribution in [3.63, 3.8) is 0 Å². The third-order valence-electron chi connectivity index (χ3n) is 8.42. The van der Waals surface area contributed by atoms with Gasteiger partial charge in [0.2, 0.25) is 5.79 Å². The summed E-state index contributed by atoms with van der Waals surface area (Å²) in [4.78, 5) is 19.5. The van der Waals surface area contributed by atoms with Gasteiger partial charge in [0.05, 0.1) is 48.5 Å². The first-order valence-corrected chi connectivity index (χ1v) is 14.7. The summed E-state index contributed by atoms with van der Waals surface area (Å²) in [6, 6.07) is 17.7. The molecule has 2 unspecified atom stereocenters. The van der Waals surface area contributed by atoms with Crippen LogP contribution in [0, 0.1) is 5.82 Å². The van der Waals surface area contributed by atoms with Crippen LogP contribution in [0.2, 0.25) is 5.02 Å². The lowest BCUT2D eigenvalue weighted by atomic mass is 9.96. The van der Waals surface area contributed by atoms with Gasteiger partial charge in [0.15, 0.2) is 0 Å². The fourth-order valence-electron chi connectivity index (χ4n) is 6.08. The van der Waals surface area contributed by atoms with Gasteiger partial charge >= 0.3 is 5.97 Å². The maximum absolute atomic E-state index is 15.1. The topological polar surface area (TPSA) is 75.0 Å². The fourth-order valence-corrected chi connectivity index (χ4v) is 6.24. The molecule has 222 valence electrons. The standard InChI is InChI=1S/C33H31ClFN3O5/c1-33(25-9-8-22(34)16-26(25)35)42-29-6-4-3-5-24(29)31(43-33)21-11-13-37(17-21)19-30-36-27-10-7-20(32(39)40-2)15-28(27)38(30)18-23-12-14-41-23/h3-11,15-16,23,31H,12-14,17-19H2,1-2H3/t23-,31?,33?/m0/s1. The maximum atomic E-state index is 15.1. The van der Waals surface area contributed by atoms with Gasteiger partial charge in [0.25, 0.3) is 0 Å². The van der Waals surface area contributed by atoms with Gasteiger partial charge in [-0.2, -0.15) is 0 Å². The Morgan fingerprint density at radius 3 is 2.79 bits per heavy atom. The SMILES string of the molecule is COC(=O)c1ccc2nc(CN3CC=C(C4OC(C)(c5ccc(Cl)cc5F)Oc5ccccc54)C3)n(C[C@@H]3CCO3)c2c1. The van der Waals surface area contributed by atoms with Crippen LogP contribution in [0.5, 0.6) is 5.75 Å². The van der Waals surface area contributed by atoms with E-state index in [4.69, 9.17) is 35.5 Å². The van der Waals surface area contributed by atoms with Gasteiger partial charge < -0.3 is 23.5 Å². The molecule has 1 aromatic heterocycles. The minimum atomic E-state index is -1.35. The molecular weight excluding hydrogens is 573 g/mol. The number of carbonyl (C=O) groups is 1. The van der Waals surface area contributed by atoms with Crippen molar-refractivity contribution in [3.8, 4) is 5.75 Å². The molecule has 7 rings (SSSR count). The number of rotatable bonds is 7. The van der Waals surface area contributed by atoms with Crippen LogP contribution in [0.1, 0.15) is 46.8 Å². The van der Waals surface area contributed by atoms with E-state index < -0.39 is 17.7 Å². The van der Waals surface area contributed by atoms with Crippen LogP contribution in [-0.2, 0) is 33.1 Å². The van der Waals surface area contributed by atoms with Gasteiger partial charge in [-0.15, -0.1) is 0 Å². The fraction of sp³-hybridized carbons (Fsp3) is 0.333.